The summed E-state index contributed by atoms with van der Waals surface area (Å²) in [7, 11) is 1.66. The van der Waals surface area contributed by atoms with E-state index in [1.165, 1.54) is 17.7 Å². The van der Waals surface area contributed by atoms with Crippen LogP contribution in [0.3, 0.4) is 0 Å². The lowest BCUT2D eigenvalue weighted by atomic mass is 9.93. The van der Waals surface area contributed by atoms with E-state index in [1.807, 2.05) is 24.3 Å². The van der Waals surface area contributed by atoms with Crippen LogP contribution in [0.4, 0.5) is 4.39 Å². The molecule has 2 aromatic carbocycles. The molecule has 0 amide bonds. The molecule has 22 heavy (non-hydrogen) atoms. The summed E-state index contributed by atoms with van der Waals surface area (Å²) in [5.41, 5.74) is 3.37. The summed E-state index contributed by atoms with van der Waals surface area (Å²) in [4.78, 5) is 0. The third kappa shape index (κ3) is 3.37. The molecule has 1 heterocycles. The molecule has 0 aliphatic carbocycles. The number of hydrogen-bond acceptors (Lipinski definition) is 2. The van der Waals surface area contributed by atoms with Crippen molar-refractivity contribution in [3.05, 3.63) is 66.0 Å². The van der Waals surface area contributed by atoms with Crippen LogP contribution in [0.2, 0.25) is 0 Å². The van der Waals surface area contributed by atoms with Gasteiger partial charge in [0.05, 0.1) is 7.11 Å². The Kier molecular flexibility index (Phi) is 4.54. The summed E-state index contributed by atoms with van der Waals surface area (Å²) < 4.78 is 18.5. The van der Waals surface area contributed by atoms with Gasteiger partial charge in [-0.3, -0.25) is 0 Å². The first-order valence-electron chi connectivity index (χ1n) is 7.57. The number of benzene rings is 2. The van der Waals surface area contributed by atoms with Crippen LogP contribution in [0, 0.1) is 5.82 Å². The summed E-state index contributed by atoms with van der Waals surface area (Å²) in [6.07, 6.45) is 6.36. The van der Waals surface area contributed by atoms with Gasteiger partial charge < -0.3 is 10.1 Å². The van der Waals surface area contributed by atoms with Gasteiger partial charge in [-0.05, 0) is 53.8 Å². The van der Waals surface area contributed by atoms with Gasteiger partial charge in [0.15, 0.2) is 0 Å². The Labute approximate surface area is 130 Å². The molecule has 0 aromatic heterocycles. The Bertz CT molecular complexity index is 664. The lowest BCUT2D eigenvalue weighted by Crippen LogP contribution is -2.33. The quantitative estimate of drug-likeness (QED) is 0.862. The van der Waals surface area contributed by atoms with Gasteiger partial charge in [-0.1, -0.05) is 30.4 Å². The molecule has 1 atom stereocenters. The molecule has 0 radical (unpaired) electrons. The van der Waals surface area contributed by atoms with Gasteiger partial charge in [0.1, 0.15) is 11.6 Å². The fraction of sp³-hybridized carbons (Fsp3) is 0.263. The number of nitrogens with one attached hydrogen (secondary N) is 1. The van der Waals surface area contributed by atoms with Gasteiger partial charge in [-0.25, -0.2) is 4.39 Å². The fourth-order valence-electron chi connectivity index (χ4n) is 2.84. The van der Waals surface area contributed by atoms with Gasteiger partial charge in [0.25, 0.3) is 0 Å². The van der Waals surface area contributed by atoms with Gasteiger partial charge in [-0.2, -0.15) is 0 Å². The first kappa shape index (κ1) is 14.8. The van der Waals surface area contributed by atoms with E-state index in [9.17, 15) is 4.39 Å². The van der Waals surface area contributed by atoms with Crippen molar-refractivity contribution >= 4 is 0 Å². The van der Waals surface area contributed by atoms with Crippen molar-refractivity contribution in [2.75, 3.05) is 13.7 Å². The summed E-state index contributed by atoms with van der Waals surface area (Å²) in [5, 5.41) is 3.51. The van der Waals surface area contributed by atoms with Crippen molar-refractivity contribution in [3.63, 3.8) is 0 Å². The molecule has 1 aliphatic heterocycles. The number of halogens is 1. The van der Waals surface area contributed by atoms with Crippen LogP contribution in [-0.2, 0) is 6.42 Å². The van der Waals surface area contributed by atoms with E-state index in [0.29, 0.717) is 6.04 Å². The highest BCUT2D eigenvalue weighted by molar-refractivity contribution is 5.69. The Hall–Kier alpha value is -2.13. The number of ether oxygens (including phenoxy) is 1. The van der Waals surface area contributed by atoms with Crippen molar-refractivity contribution in [1.29, 1.82) is 0 Å². The molecule has 0 saturated heterocycles. The second-order valence-corrected chi connectivity index (χ2v) is 5.55. The van der Waals surface area contributed by atoms with E-state index in [4.69, 9.17) is 4.74 Å². The Morgan fingerprint density at radius 2 is 1.95 bits per heavy atom. The Morgan fingerprint density at radius 1 is 1.14 bits per heavy atom. The zero-order valence-corrected chi connectivity index (χ0v) is 12.7. The molecule has 0 spiro atoms. The minimum absolute atomic E-state index is 0.215. The average Bonchev–Trinajstić information content (AvgIpc) is 2.57. The standard InChI is InChI=1S/C19H20FNO/c1-22-18-10-7-15(12-17-4-2-3-11-21-17)19(13-18)14-5-8-16(20)9-6-14/h2-3,5-10,13,17,21H,4,11-12H2,1H3. The molecule has 0 saturated carbocycles. The molecule has 2 aromatic rings. The molecular formula is C19H20FNO. The molecule has 1 unspecified atom stereocenters. The van der Waals surface area contributed by atoms with Crippen molar-refractivity contribution in [1.82, 2.24) is 5.32 Å². The van der Waals surface area contributed by atoms with E-state index in [0.717, 1.165) is 36.3 Å². The first-order valence-corrected chi connectivity index (χ1v) is 7.57. The van der Waals surface area contributed by atoms with E-state index in [2.05, 4.69) is 23.5 Å². The number of rotatable bonds is 4. The molecule has 0 bridgehead atoms. The zero-order valence-electron chi connectivity index (χ0n) is 12.7. The molecule has 3 rings (SSSR count). The van der Waals surface area contributed by atoms with Crippen LogP contribution >= 0.6 is 0 Å². The maximum Gasteiger partial charge on any atom is 0.123 e. The predicted octanol–water partition coefficient (Wildman–Crippen LogP) is 3.96. The monoisotopic (exact) mass is 297 g/mol. The van der Waals surface area contributed by atoms with Crippen LogP contribution in [0.15, 0.2) is 54.6 Å². The average molecular weight is 297 g/mol. The normalized spacial score (nSPS) is 17.5. The van der Waals surface area contributed by atoms with Crippen LogP contribution in [0.25, 0.3) is 11.1 Å². The van der Waals surface area contributed by atoms with Crippen molar-refractivity contribution < 1.29 is 9.13 Å². The summed E-state index contributed by atoms with van der Waals surface area (Å²) in [6.45, 7) is 0.923. The molecule has 2 nitrogen and oxygen atoms in total. The van der Waals surface area contributed by atoms with Crippen LogP contribution in [-0.4, -0.2) is 19.7 Å². The van der Waals surface area contributed by atoms with E-state index in [1.54, 1.807) is 7.11 Å². The minimum Gasteiger partial charge on any atom is -0.497 e. The van der Waals surface area contributed by atoms with Crippen molar-refractivity contribution in [2.45, 2.75) is 18.9 Å². The highest BCUT2D eigenvalue weighted by Crippen LogP contribution is 2.29. The molecule has 114 valence electrons. The van der Waals surface area contributed by atoms with E-state index in [-0.39, 0.29) is 5.82 Å². The fourth-order valence-corrected chi connectivity index (χ4v) is 2.84. The minimum atomic E-state index is -0.215. The lowest BCUT2D eigenvalue weighted by Gasteiger charge is -2.21. The zero-order chi connectivity index (χ0) is 15.4. The number of methoxy groups -OCH3 is 1. The van der Waals surface area contributed by atoms with E-state index >= 15 is 0 Å². The van der Waals surface area contributed by atoms with Crippen molar-refractivity contribution in [3.8, 4) is 16.9 Å². The Balaban J connectivity index is 1.94. The van der Waals surface area contributed by atoms with Crippen LogP contribution in [0.5, 0.6) is 5.75 Å². The summed E-state index contributed by atoms with van der Waals surface area (Å²) >= 11 is 0. The van der Waals surface area contributed by atoms with Gasteiger partial charge in [-0.15, -0.1) is 0 Å². The molecule has 3 heteroatoms. The SMILES string of the molecule is COc1ccc(CC2CC=CCN2)c(-c2ccc(F)cc2)c1. The van der Waals surface area contributed by atoms with Crippen molar-refractivity contribution in [2.24, 2.45) is 0 Å². The van der Waals surface area contributed by atoms with E-state index < -0.39 is 0 Å². The Morgan fingerprint density at radius 3 is 2.64 bits per heavy atom. The third-order valence-corrected chi connectivity index (χ3v) is 4.05. The molecule has 1 aliphatic rings. The van der Waals surface area contributed by atoms with Crippen LogP contribution in [0.1, 0.15) is 12.0 Å². The summed E-state index contributed by atoms with van der Waals surface area (Å²) in [6, 6.07) is 13.2. The first-order chi connectivity index (χ1) is 10.8. The van der Waals surface area contributed by atoms with Crippen LogP contribution < -0.4 is 10.1 Å². The third-order valence-electron chi connectivity index (χ3n) is 4.05. The predicted molar refractivity (Wildman–Crippen MR) is 87.6 cm³/mol. The molecule has 1 N–H and O–H groups in total. The largest absolute Gasteiger partial charge is 0.497 e. The molecular weight excluding hydrogens is 277 g/mol. The highest BCUT2D eigenvalue weighted by atomic mass is 19.1. The van der Waals surface area contributed by atoms with Gasteiger partial charge in [0.2, 0.25) is 0 Å². The second-order valence-electron chi connectivity index (χ2n) is 5.55. The summed E-state index contributed by atoms with van der Waals surface area (Å²) in [5.74, 6) is 0.604. The highest BCUT2D eigenvalue weighted by Gasteiger charge is 2.14. The van der Waals surface area contributed by atoms with Gasteiger partial charge >= 0.3 is 0 Å². The smallest absolute Gasteiger partial charge is 0.123 e. The lowest BCUT2D eigenvalue weighted by molar-refractivity contribution is 0.414. The maximum atomic E-state index is 13.2. The second kappa shape index (κ2) is 6.75. The molecule has 0 fully saturated rings. The maximum absolute atomic E-state index is 13.2. The van der Waals surface area contributed by atoms with Gasteiger partial charge in [0, 0.05) is 12.6 Å². The number of hydrogen-bond donors (Lipinski definition) is 1. The topological polar surface area (TPSA) is 21.3 Å².